The van der Waals surface area contributed by atoms with Gasteiger partial charge in [0.25, 0.3) is 0 Å². The summed E-state index contributed by atoms with van der Waals surface area (Å²) in [5.74, 6) is 0.576. The number of halogens is 7. The fourth-order valence-corrected chi connectivity index (χ4v) is 5.03. The van der Waals surface area contributed by atoms with Crippen LogP contribution in [0.25, 0.3) is 11.4 Å². The number of aromatic nitrogens is 5. The van der Waals surface area contributed by atoms with Gasteiger partial charge >= 0.3 is 12.4 Å². The molecule has 2 aromatic heterocycles. The second-order valence-corrected chi connectivity index (χ2v) is 10.2. The highest BCUT2D eigenvalue weighted by Gasteiger charge is 2.37. The number of methoxy groups -OCH3 is 2. The average molecular weight is 622 g/mol. The second kappa shape index (κ2) is 11.7. The van der Waals surface area contributed by atoms with E-state index in [1.54, 1.807) is 24.5 Å². The Morgan fingerprint density at radius 2 is 1.43 bits per heavy atom. The first-order chi connectivity index (χ1) is 18.8. The molecule has 0 aliphatic heterocycles. The summed E-state index contributed by atoms with van der Waals surface area (Å²) < 4.78 is 92.9. The van der Waals surface area contributed by atoms with Gasteiger partial charge in [0, 0.05) is 17.7 Å². The molecule has 4 aromatic rings. The van der Waals surface area contributed by atoms with Crippen LogP contribution >= 0.6 is 35.1 Å². The molecule has 0 N–H and O–H groups in total. The molecule has 212 valence electrons. The van der Waals surface area contributed by atoms with Crippen molar-refractivity contribution in [1.29, 1.82) is 0 Å². The molecule has 7 nitrogen and oxygen atoms in total. The molecule has 4 rings (SSSR count). The summed E-state index contributed by atoms with van der Waals surface area (Å²) in [7, 11) is 2.92. The smallest absolute Gasteiger partial charge is 0.416 e. The first kappa shape index (κ1) is 29.8. The molecule has 0 fully saturated rings. The fraction of sp³-hybridized carbons (Fsp3) is 0.250. The van der Waals surface area contributed by atoms with E-state index in [-0.39, 0.29) is 28.7 Å². The lowest BCUT2D eigenvalue weighted by atomic mass is 10.0. The third-order valence-electron chi connectivity index (χ3n) is 5.26. The van der Waals surface area contributed by atoms with Crippen LogP contribution in [0.5, 0.6) is 11.5 Å². The Morgan fingerprint density at radius 1 is 0.825 bits per heavy atom. The molecule has 0 spiro atoms. The lowest BCUT2D eigenvalue weighted by Crippen LogP contribution is -2.11. The van der Waals surface area contributed by atoms with Gasteiger partial charge in [0.05, 0.1) is 31.9 Å². The van der Waals surface area contributed by atoms with Crippen molar-refractivity contribution in [3.8, 4) is 22.9 Å². The minimum atomic E-state index is -5.03. The highest BCUT2D eigenvalue weighted by molar-refractivity contribution is 7.99. The molecule has 0 aliphatic carbocycles. The van der Waals surface area contributed by atoms with Gasteiger partial charge in [-0.2, -0.15) is 26.3 Å². The van der Waals surface area contributed by atoms with Crippen molar-refractivity contribution in [2.75, 3.05) is 20.5 Å². The maximum atomic E-state index is 13.5. The van der Waals surface area contributed by atoms with Gasteiger partial charge < -0.3 is 9.47 Å². The monoisotopic (exact) mass is 621 g/mol. The molecule has 0 saturated heterocycles. The average Bonchev–Trinajstić information content (AvgIpc) is 3.28. The van der Waals surface area contributed by atoms with Crippen molar-refractivity contribution in [3.05, 3.63) is 64.3 Å². The van der Waals surface area contributed by atoms with E-state index in [9.17, 15) is 26.3 Å². The molecule has 2 aromatic carbocycles. The Bertz CT molecular complexity index is 1480. The van der Waals surface area contributed by atoms with E-state index in [0.717, 1.165) is 11.8 Å². The molecular formula is C24H18ClF6N5O2S2. The standard InChI is InChI=1S/C24H18ClF6N5O2S2/c1-37-16-4-12(5-17(9-16)38-2)11-36-22(40-19-10-18(25)32-21(33-19)39-3)34-20(35-36)13-6-14(23(26,27)28)8-15(7-13)24(29,30)31/h4-10H,11H2,1-3H3. The molecule has 0 atom stereocenters. The van der Waals surface area contributed by atoms with Crippen molar-refractivity contribution >= 4 is 35.1 Å². The van der Waals surface area contributed by atoms with Crippen molar-refractivity contribution in [3.63, 3.8) is 0 Å². The molecule has 16 heteroatoms. The normalized spacial score (nSPS) is 12.1. The molecular weight excluding hydrogens is 604 g/mol. The van der Waals surface area contributed by atoms with E-state index in [0.29, 0.717) is 39.4 Å². The largest absolute Gasteiger partial charge is 0.497 e. The Kier molecular flexibility index (Phi) is 8.75. The van der Waals surface area contributed by atoms with Gasteiger partial charge in [0.2, 0.25) is 0 Å². The lowest BCUT2D eigenvalue weighted by Gasteiger charge is -2.13. The summed E-state index contributed by atoms with van der Waals surface area (Å²) >= 11 is 8.29. The number of hydrogen-bond acceptors (Lipinski definition) is 8. The number of ether oxygens (including phenoxy) is 2. The SMILES string of the molecule is COc1cc(Cn2nc(-c3cc(C(F)(F)F)cc(C(F)(F)F)c3)nc2Sc2cc(Cl)nc(SC)n2)cc(OC)c1. The van der Waals surface area contributed by atoms with Crippen molar-refractivity contribution in [2.45, 2.75) is 34.2 Å². The number of rotatable bonds is 8. The minimum absolute atomic E-state index is 0.0161. The summed E-state index contributed by atoms with van der Waals surface area (Å²) in [4.78, 5) is 12.7. The Balaban J connectivity index is 1.86. The first-order valence-corrected chi connectivity index (χ1v) is 13.4. The zero-order valence-electron chi connectivity index (χ0n) is 20.8. The third-order valence-corrected chi connectivity index (χ3v) is 6.90. The van der Waals surface area contributed by atoms with Crippen LogP contribution in [0.3, 0.4) is 0 Å². The van der Waals surface area contributed by atoms with Gasteiger partial charge in [-0.25, -0.2) is 19.6 Å². The van der Waals surface area contributed by atoms with E-state index in [1.807, 2.05) is 0 Å². The van der Waals surface area contributed by atoms with Gasteiger partial charge in [-0.05, 0) is 53.9 Å². The van der Waals surface area contributed by atoms with Gasteiger partial charge in [-0.15, -0.1) is 5.10 Å². The maximum absolute atomic E-state index is 13.5. The van der Waals surface area contributed by atoms with Gasteiger partial charge in [-0.3, -0.25) is 0 Å². The van der Waals surface area contributed by atoms with Crippen molar-refractivity contribution in [1.82, 2.24) is 24.7 Å². The Morgan fingerprint density at radius 3 is 1.95 bits per heavy atom. The van der Waals surface area contributed by atoms with Crippen LogP contribution in [0, 0.1) is 0 Å². The summed E-state index contributed by atoms with van der Waals surface area (Å²) in [5, 5.41) is 5.24. The molecule has 0 unspecified atom stereocenters. The molecule has 2 heterocycles. The number of benzene rings is 2. The summed E-state index contributed by atoms with van der Waals surface area (Å²) in [6, 6.07) is 7.64. The minimum Gasteiger partial charge on any atom is -0.497 e. The summed E-state index contributed by atoms with van der Waals surface area (Å²) in [6.45, 7) is 0.0161. The topological polar surface area (TPSA) is 75.0 Å². The molecule has 0 amide bonds. The van der Waals surface area contributed by atoms with Crippen molar-refractivity contribution in [2.24, 2.45) is 0 Å². The highest BCUT2D eigenvalue weighted by atomic mass is 35.5. The van der Waals surface area contributed by atoms with Crippen LogP contribution in [0.15, 0.2) is 57.8 Å². The maximum Gasteiger partial charge on any atom is 0.416 e. The number of nitrogens with zero attached hydrogens (tertiary/aromatic N) is 5. The van der Waals surface area contributed by atoms with Crippen molar-refractivity contribution < 1.29 is 35.8 Å². The van der Waals surface area contributed by atoms with E-state index >= 15 is 0 Å². The van der Waals surface area contributed by atoms with E-state index in [1.165, 1.54) is 36.7 Å². The predicted molar refractivity (Wildman–Crippen MR) is 137 cm³/mol. The number of hydrogen-bond donors (Lipinski definition) is 0. The van der Waals surface area contributed by atoms with Crippen LogP contribution in [-0.4, -0.2) is 45.2 Å². The lowest BCUT2D eigenvalue weighted by molar-refractivity contribution is -0.143. The van der Waals surface area contributed by atoms with Crippen LogP contribution < -0.4 is 9.47 Å². The Hall–Kier alpha value is -3.17. The Labute approximate surface area is 237 Å². The van der Waals surface area contributed by atoms with E-state index in [4.69, 9.17) is 21.1 Å². The van der Waals surface area contributed by atoms with Gasteiger partial charge in [-0.1, -0.05) is 23.4 Å². The second-order valence-electron chi connectivity index (χ2n) is 8.01. The molecule has 0 radical (unpaired) electrons. The zero-order chi connectivity index (χ0) is 29.2. The van der Waals surface area contributed by atoms with Gasteiger partial charge in [0.1, 0.15) is 21.7 Å². The quantitative estimate of drug-likeness (QED) is 0.0874. The first-order valence-electron chi connectivity index (χ1n) is 11.0. The molecule has 40 heavy (non-hydrogen) atoms. The zero-order valence-corrected chi connectivity index (χ0v) is 23.2. The highest BCUT2D eigenvalue weighted by Crippen LogP contribution is 2.39. The number of alkyl halides is 6. The predicted octanol–water partition coefficient (Wildman–Crippen LogP) is 7.36. The van der Waals surface area contributed by atoms with Crippen LogP contribution in [-0.2, 0) is 18.9 Å². The van der Waals surface area contributed by atoms with Crippen LogP contribution in [0.1, 0.15) is 16.7 Å². The molecule has 0 bridgehead atoms. The molecule has 0 aliphatic rings. The van der Waals surface area contributed by atoms with Crippen LogP contribution in [0.2, 0.25) is 5.15 Å². The van der Waals surface area contributed by atoms with Crippen LogP contribution in [0.4, 0.5) is 26.3 Å². The summed E-state index contributed by atoms with van der Waals surface area (Å²) in [5.41, 5.74) is -2.81. The summed E-state index contributed by atoms with van der Waals surface area (Å²) in [6.07, 6.45) is -8.32. The van der Waals surface area contributed by atoms with E-state index in [2.05, 4.69) is 20.1 Å². The fourth-order valence-electron chi connectivity index (χ4n) is 3.46. The third kappa shape index (κ3) is 7.12. The molecule has 0 saturated carbocycles. The number of thioether (sulfide) groups is 1. The van der Waals surface area contributed by atoms with Gasteiger partial charge in [0.15, 0.2) is 16.1 Å². The van der Waals surface area contributed by atoms with E-state index < -0.39 is 29.0 Å².